The number of hydrogen-bond acceptors (Lipinski definition) is 5. The van der Waals surface area contributed by atoms with Gasteiger partial charge in [0, 0.05) is 12.1 Å². The highest BCUT2D eigenvalue weighted by Crippen LogP contribution is 2.18. The molecule has 7 heteroatoms. The van der Waals surface area contributed by atoms with Crippen molar-refractivity contribution < 1.29 is 24.2 Å². The summed E-state index contributed by atoms with van der Waals surface area (Å²) in [4.78, 5) is 25.2. The summed E-state index contributed by atoms with van der Waals surface area (Å²) < 4.78 is 10.7. The Morgan fingerprint density at radius 1 is 0.938 bits per heavy atom. The van der Waals surface area contributed by atoms with E-state index in [1.807, 2.05) is 25.1 Å². The number of methoxy groups -OCH3 is 1. The number of aryl methyl sites for hydroxylation is 1. The van der Waals surface area contributed by atoms with Crippen molar-refractivity contribution in [1.82, 2.24) is 5.32 Å². The second-order valence-electron chi connectivity index (χ2n) is 7.22. The van der Waals surface area contributed by atoms with Crippen molar-refractivity contribution in [3.8, 4) is 11.5 Å². The lowest BCUT2D eigenvalue weighted by atomic mass is 10.1. The molecule has 1 unspecified atom stereocenters. The molecule has 3 aromatic rings. The standard InChI is InChI=1S/C25H26N2O5/c1-17-6-5-7-21(14-17)32-16-19(28)15-26-25(30)22-8-3-4-9-23(22)27-24(29)18-10-12-20(31-2)13-11-18/h3-14,19,28H,15-16H2,1-2H3,(H,26,30)(H,27,29). The molecule has 0 heterocycles. The number of para-hydroxylation sites is 1. The number of anilines is 1. The number of benzene rings is 3. The van der Waals surface area contributed by atoms with Crippen molar-refractivity contribution in [3.63, 3.8) is 0 Å². The van der Waals surface area contributed by atoms with Gasteiger partial charge in [-0.25, -0.2) is 0 Å². The van der Waals surface area contributed by atoms with E-state index in [4.69, 9.17) is 9.47 Å². The molecule has 0 fully saturated rings. The van der Waals surface area contributed by atoms with Crippen molar-refractivity contribution in [2.24, 2.45) is 0 Å². The lowest BCUT2D eigenvalue weighted by Gasteiger charge is -2.15. The summed E-state index contributed by atoms with van der Waals surface area (Å²) in [5, 5.41) is 15.6. The maximum atomic E-state index is 12.7. The molecule has 3 aromatic carbocycles. The van der Waals surface area contributed by atoms with Crippen LogP contribution in [-0.4, -0.2) is 43.3 Å². The predicted octanol–water partition coefficient (Wildman–Crippen LogP) is 3.43. The first kappa shape index (κ1) is 22.8. The molecule has 0 aliphatic rings. The zero-order chi connectivity index (χ0) is 22.9. The molecular formula is C25H26N2O5. The third-order valence-electron chi connectivity index (χ3n) is 4.70. The lowest BCUT2D eigenvalue weighted by molar-refractivity contribution is 0.0844. The van der Waals surface area contributed by atoms with Crippen molar-refractivity contribution >= 4 is 17.5 Å². The van der Waals surface area contributed by atoms with Crippen molar-refractivity contribution in [2.75, 3.05) is 25.6 Å². The molecule has 0 saturated heterocycles. The molecule has 166 valence electrons. The average molecular weight is 434 g/mol. The smallest absolute Gasteiger partial charge is 0.255 e. The maximum absolute atomic E-state index is 12.7. The monoisotopic (exact) mass is 434 g/mol. The molecule has 0 aliphatic carbocycles. The van der Waals surface area contributed by atoms with Gasteiger partial charge in [-0.1, -0.05) is 24.3 Å². The van der Waals surface area contributed by atoms with Crippen LogP contribution in [0.5, 0.6) is 11.5 Å². The van der Waals surface area contributed by atoms with Crippen LogP contribution < -0.4 is 20.1 Å². The maximum Gasteiger partial charge on any atom is 0.255 e. The van der Waals surface area contributed by atoms with Crippen LogP contribution in [0.2, 0.25) is 0 Å². The Labute approximate surface area is 187 Å². The van der Waals surface area contributed by atoms with Crippen LogP contribution in [0.4, 0.5) is 5.69 Å². The van der Waals surface area contributed by atoms with Gasteiger partial charge in [0.15, 0.2) is 0 Å². The van der Waals surface area contributed by atoms with Gasteiger partial charge in [-0.15, -0.1) is 0 Å². The molecule has 0 bridgehead atoms. The number of hydrogen-bond donors (Lipinski definition) is 3. The van der Waals surface area contributed by atoms with Gasteiger partial charge in [-0.05, 0) is 61.0 Å². The summed E-state index contributed by atoms with van der Waals surface area (Å²) in [7, 11) is 1.55. The van der Waals surface area contributed by atoms with E-state index in [0.29, 0.717) is 28.3 Å². The molecule has 1 atom stereocenters. The molecule has 7 nitrogen and oxygen atoms in total. The fourth-order valence-corrected chi connectivity index (χ4v) is 2.99. The van der Waals surface area contributed by atoms with Gasteiger partial charge >= 0.3 is 0 Å². The first-order chi connectivity index (χ1) is 15.5. The van der Waals surface area contributed by atoms with Crippen LogP contribution in [0.15, 0.2) is 72.8 Å². The van der Waals surface area contributed by atoms with E-state index in [1.165, 1.54) is 0 Å². The highest BCUT2D eigenvalue weighted by Gasteiger charge is 2.15. The zero-order valence-electron chi connectivity index (χ0n) is 18.0. The minimum absolute atomic E-state index is 0.00537. The van der Waals surface area contributed by atoms with Crippen molar-refractivity contribution in [1.29, 1.82) is 0 Å². The number of carbonyl (C=O) groups excluding carboxylic acids is 2. The fourth-order valence-electron chi connectivity index (χ4n) is 2.99. The van der Waals surface area contributed by atoms with Gasteiger partial charge in [0.05, 0.1) is 18.4 Å². The molecule has 32 heavy (non-hydrogen) atoms. The largest absolute Gasteiger partial charge is 0.497 e. The first-order valence-electron chi connectivity index (χ1n) is 10.2. The van der Waals surface area contributed by atoms with E-state index < -0.39 is 12.0 Å². The van der Waals surface area contributed by atoms with Crippen LogP contribution in [0.25, 0.3) is 0 Å². The summed E-state index contributed by atoms with van der Waals surface area (Å²) in [5.41, 5.74) is 2.15. The van der Waals surface area contributed by atoms with E-state index in [-0.39, 0.29) is 19.1 Å². The quantitative estimate of drug-likeness (QED) is 0.480. The van der Waals surface area contributed by atoms with Crippen LogP contribution in [0.1, 0.15) is 26.3 Å². The summed E-state index contributed by atoms with van der Waals surface area (Å²) in [6.07, 6.45) is -0.888. The molecule has 3 rings (SSSR count). The van der Waals surface area contributed by atoms with E-state index in [0.717, 1.165) is 5.56 Å². The third kappa shape index (κ3) is 6.33. The van der Waals surface area contributed by atoms with Crippen LogP contribution in [0.3, 0.4) is 0 Å². The number of aliphatic hydroxyl groups is 1. The SMILES string of the molecule is COc1ccc(C(=O)Nc2ccccc2C(=O)NCC(O)COc2cccc(C)c2)cc1. The molecule has 0 radical (unpaired) electrons. The molecule has 0 spiro atoms. The highest BCUT2D eigenvalue weighted by atomic mass is 16.5. The van der Waals surface area contributed by atoms with Gasteiger partial charge in [-0.2, -0.15) is 0 Å². The number of rotatable bonds is 9. The highest BCUT2D eigenvalue weighted by molar-refractivity contribution is 6.09. The normalized spacial score (nSPS) is 11.3. The lowest BCUT2D eigenvalue weighted by Crippen LogP contribution is -2.35. The van der Waals surface area contributed by atoms with E-state index in [2.05, 4.69) is 10.6 Å². The van der Waals surface area contributed by atoms with Gasteiger partial charge in [-0.3, -0.25) is 9.59 Å². The second-order valence-corrected chi connectivity index (χ2v) is 7.22. The Morgan fingerprint density at radius 2 is 1.69 bits per heavy atom. The average Bonchev–Trinajstić information content (AvgIpc) is 2.81. The summed E-state index contributed by atoms with van der Waals surface area (Å²) in [6.45, 7) is 2.00. The second kappa shape index (κ2) is 11.0. The number of aliphatic hydroxyl groups excluding tert-OH is 1. The summed E-state index contributed by atoms with van der Waals surface area (Å²) >= 11 is 0. The molecule has 0 saturated carbocycles. The molecule has 0 aromatic heterocycles. The molecular weight excluding hydrogens is 408 g/mol. The summed E-state index contributed by atoms with van der Waals surface area (Å²) in [5.74, 6) is 0.540. The Bertz CT molecular complexity index is 1070. The Morgan fingerprint density at radius 3 is 2.41 bits per heavy atom. The summed E-state index contributed by atoms with van der Waals surface area (Å²) in [6, 6.07) is 20.8. The Hall–Kier alpha value is -3.84. The molecule has 0 aliphatic heterocycles. The Balaban J connectivity index is 1.56. The van der Waals surface area contributed by atoms with E-state index in [9.17, 15) is 14.7 Å². The number of ether oxygens (including phenoxy) is 2. The predicted molar refractivity (Wildman–Crippen MR) is 122 cm³/mol. The van der Waals surface area contributed by atoms with E-state index in [1.54, 1.807) is 61.7 Å². The Kier molecular flexibility index (Phi) is 7.83. The van der Waals surface area contributed by atoms with Gasteiger partial charge in [0.1, 0.15) is 24.2 Å². The van der Waals surface area contributed by atoms with Crippen molar-refractivity contribution in [2.45, 2.75) is 13.0 Å². The van der Waals surface area contributed by atoms with Crippen LogP contribution in [-0.2, 0) is 0 Å². The minimum Gasteiger partial charge on any atom is -0.497 e. The number of amides is 2. The topological polar surface area (TPSA) is 96.9 Å². The fraction of sp³-hybridized carbons (Fsp3) is 0.200. The zero-order valence-corrected chi connectivity index (χ0v) is 18.0. The van der Waals surface area contributed by atoms with E-state index >= 15 is 0 Å². The van der Waals surface area contributed by atoms with Gasteiger partial charge < -0.3 is 25.2 Å². The van der Waals surface area contributed by atoms with Gasteiger partial charge in [0.25, 0.3) is 11.8 Å². The molecule has 2 amide bonds. The van der Waals surface area contributed by atoms with Crippen LogP contribution in [0, 0.1) is 6.92 Å². The minimum atomic E-state index is -0.888. The van der Waals surface area contributed by atoms with Crippen molar-refractivity contribution in [3.05, 3.63) is 89.5 Å². The molecule has 3 N–H and O–H groups in total. The number of carbonyl (C=O) groups is 2. The first-order valence-corrected chi connectivity index (χ1v) is 10.2. The van der Waals surface area contributed by atoms with Crippen LogP contribution >= 0.6 is 0 Å². The third-order valence-corrected chi connectivity index (χ3v) is 4.70. The number of nitrogens with one attached hydrogen (secondary N) is 2. The van der Waals surface area contributed by atoms with Gasteiger partial charge in [0.2, 0.25) is 0 Å².